The minimum absolute atomic E-state index is 0.0728. The number of hydrogen-bond donors (Lipinski definition) is 3. The summed E-state index contributed by atoms with van der Waals surface area (Å²) in [7, 11) is 0. The molecule has 1 amide bonds. The molecule has 0 fully saturated rings. The fraction of sp³-hybridized carbons (Fsp3) is 0.375. The van der Waals surface area contributed by atoms with E-state index in [0.717, 1.165) is 9.99 Å². The number of nitrogens with one attached hydrogen (secondary N) is 2. The molecule has 1 aromatic rings. The third kappa shape index (κ3) is 3.35. The van der Waals surface area contributed by atoms with Crippen molar-refractivity contribution in [1.29, 1.82) is 0 Å². The van der Waals surface area contributed by atoms with E-state index in [0.29, 0.717) is 18.8 Å². The minimum Gasteiger partial charge on any atom is -0.356 e. The second kappa shape index (κ2) is 5.23. The van der Waals surface area contributed by atoms with E-state index >= 15 is 0 Å². The van der Waals surface area contributed by atoms with Crippen molar-refractivity contribution < 1.29 is 4.79 Å². The summed E-state index contributed by atoms with van der Waals surface area (Å²) in [5.74, 6) is -0.0728. The van der Waals surface area contributed by atoms with Gasteiger partial charge >= 0.3 is 0 Å². The van der Waals surface area contributed by atoms with E-state index in [1.807, 2.05) is 0 Å². The molecule has 0 radical (unpaired) electrons. The van der Waals surface area contributed by atoms with Crippen LogP contribution in [0.15, 0.2) is 12.3 Å². The van der Waals surface area contributed by atoms with Crippen molar-refractivity contribution in [3.05, 3.63) is 21.5 Å². The standard InChI is InChI=1S/C8H12IN3O/c9-6-4-7(12-5-6)8(13)11-3-1-2-10/h4-5,12H,1-3,10H2,(H,11,13). The Balaban J connectivity index is 2.40. The zero-order valence-electron chi connectivity index (χ0n) is 7.14. The van der Waals surface area contributed by atoms with Crippen LogP contribution < -0.4 is 11.1 Å². The number of hydrogen-bond acceptors (Lipinski definition) is 2. The molecule has 4 nitrogen and oxygen atoms in total. The van der Waals surface area contributed by atoms with Crippen LogP contribution >= 0.6 is 22.6 Å². The van der Waals surface area contributed by atoms with Crippen molar-refractivity contribution in [2.45, 2.75) is 6.42 Å². The fourth-order valence-electron chi connectivity index (χ4n) is 0.898. The number of H-pyrrole nitrogens is 1. The second-order valence-corrected chi connectivity index (χ2v) is 3.88. The molecule has 13 heavy (non-hydrogen) atoms. The summed E-state index contributed by atoms with van der Waals surface area (Å²) >= 11 is 2.15. The van der Waals surface area contributed by atoms with Crippen LogP contribution in [-0.2, 0) is 0 Å². The Morgan fingerprint density at radius 3 is 3.00 bits per heavy atom. The van der Waals surface area contributed by atoms with Crippen molar-refractivity contribution in [2.75, 3.05) is 13.1 Å². The number of aromatic amines is 1. The summed E-state index contributed by atoms with van der Waals surface area (Å²) in [6.07, 6.45) is 2.60. The van der Waals surface area contributed by atoms with Crippen molar-refractivity contribution in [2.24, 2.45) is 5.73 Å². The van der Waals surface area contributed by atoms with E-state index < -0.39 is 0 Å². The summed E-state index contributed by atoms with van der Waals surface area (Å²) in [6, 6.07) is 1.80. The highest BCUT2D eigenvalue weighted by molar-refractivity contribution is 14.1. The third-order valence-corrected chi connectivity index (χ3v) is 2.18. The first-order valence-corrected chi connectivity index (χ1v) is 5.14. The maximum absolute atomic E-state index is 11.3. The number of amides is 1. The first kappa shape index (κ1) is 10.5. The van der Waals surface area contributed by atoms with Crippen LogP contribution in [0.2, 0.25) is 0 Å². The zero-order valence-corrected chi connectivity index (χ0v) is 9.30. The van der Waals surface area contributed by atoms with E-state index in [1.165, 1.54) is 0 Å². The predicted molar refractivity (Wildman–Crippen MR) is 59.5 cm³/mol. The maximum Gasteiger partial charge on any atom is 0.267 e. The zero-order chi connectivity index (χ0) is 9.68. The lowest BCUT2D eigenvalue weighted by atomic mass is 10.4. The molecule has 5 heteroatoms. The van der Waals surface area contributed by atoms with Gasteiger partial charge in [0.2, 0.25) is 0 Å². The van der Waals surface area contributed by atoms with Crippen LogP contribution in [0.25, 0.3) is 0 Å². The van der Waals surface area contributed by atoms with Crippen LogP contribution in [-0.4, -0.2) is 24.0 Å². The highest BCUT2D eigenvalue weighted by Gasteiger charge is 2.05. The van der Waals surface area contributed by atoms with Gasteiger partial charge in [-0.15, -0.1) is 0 Å². The van der Waals surface area contributed by atoms with Gasteiger partial charge in [-0.2, -0.15) is 0 Å². The summed E-state index contributed by atoms with van der Waals surface area (Å²) in [6.45, 7) is 1.23. The molecule has 0 aliphatic heterocycles. The van der Waals surface area contributed by atoms with Gasteiger partial charge in [-0.1, -0.05) is 0 Å². The molecule has 0 unspecified atom stereocenters. The van der Waals surface area contributed by atoms with Gasteiger partial charge in [-0.05, 0) is 41.6 Å². The molecule has 0 bridgehead atoms. The molecule has 0 atom stereocenters. The van der Waals surface area contributed by atoms with Crippen LogP contribution in [0.3, 0.4) is 0 Å². The van der Waals surface area contributed by atoms with Gasteiger partial charge in [0.05, 0.1) is 0 Å². The molecule has 1 heterocycles. The van der Waals surface area contributed by atoms with Crippen LogP contribution in [0, 0.1) is 3.57 Å². The molecule has 0 spiro atoms. The average molecular weight is 293 g/mol. The van der Waals surface area contributed by atoms with Gasteiger partial charge in [0.25, 0.3) is 5.91 Å². The number of halogens is 1. The second-order valence-electron chi connectivity index (χ2n) is 2.63. The highest BCUT2D eigenvalue weighted by Crippen LogP contribution is 2.05. The summed E-state index contributed by atoms with van der Waals surface area (Å²) in [5.41, 5.74) is 5.90. The number of nitrogens with two attached hydrogens (primary N) is 1. The van der Waals surface area contributed by atoms with Gasteiger partial charge in [0.1, 0.15) is 5.69 Å². The molecule has 0 aromatic carbocycles. The van der Waals surface area contributed by atoms with E-state index in [4.69, 9.17) is 5.73 Å². The lowest BCUT2D eigenvalue weighted by Gasteiger charge is -2.00. The normalized spacial score (nSPS) is 10.0. The summed E-state index contributed by atoms with van der Waals surface area (Å²) < 4.78 is 1.03. The van der Waals surface area contributed by atoms with E-state index in [2.05, 4.69) is 32.9 Å². The molecule has 0 aliphatic rings. The first-order valence-electron chi connectivity index (χ1n) is 4.06. The van der Waals surface area contributed by atoms with Crippen LogP contribution in [0.1, 0.15) is 16.9 Å². The van der Waals surface area contributed by atoms with E-state index in [9.17, 15) is 4.79 Å². The Morgan fingerprint density at radius 2 is 2.46 bits per heavy atom. The number of aromatic nitrogens is 1. The van der Waals surface area contributed by atoms with E-state index in [1.54, 1.807) is 12.3 Å². The minimum atomic E-state index is -0.0728. The first-order chi connectivity index (χ1) is 6.24. The van der Waals surface area contributed by atoms with Gasteiger partial charge in [0.15, 0.2) is 0 Å². The maximum atomic E-state index is 11.3. The lowest BCUT2D eigenvalue weighted by molar-refractivity contribution is 0.0949. The highest BCUT2D eigenvalue weighted by atomic mass is 127. The van der Waals surface area contributed by atoms with Gasteiger partial charge in [0, 0.05) is 16.3 Å². The number of carbonyl (C=O) groups is 1. The molecule has 0 saturated carbocycles. The summed E-state index contributed by atoms with van der Waals surface area (Å²) in [5, 5.41) is 2.76. The Hall–Kier alpha value is -0.560. The monoisotopic (exact) mass is 293 g/mol. The Kier molecular flexibility index (Phi) is 4.23. The number of rotatable bonds is 4. The molecular formula is C8H12IN3O. The smallest absolute Gasteiger partial charge is 0.267 e. The third-order valence-electron chi connectivity index (χ3n) is 1.56. The molecule has 72 valence electrons. The molecule has 1 rings (SSSR count). The summed E-state index contributed by atoms with van der Waals surface area (Å²) in [4.78, 5) is 14.2. The SMILES string of the molecule is NCCCNC(=O)c1cc(I)c[nH]1. The van der Waals surface area contributed by atoms with E-state index in [-0.39, 0.29) is 5.91 Å². The van der Waals surface area contributed by atoms with Gasteiger partial charge in [-0.3, -0.25) is 4.79 Å². The molecular weight excluding hydrogens is 281 g/mol. The Labute approximate surface area is 90.4 Å². The fourth-order valence-corrected chi connectivity index (χ4v) is 1.37. The van der Waals surface area contributed by atoms with Crippen molar-refractivity contribution >= 4 is 28.5 Å². The van der Waals surface area contributed by atoms with Crippen molar-refractivity contribution in [3.63, 3.8) is 0 Å². The van der Waals surface area contributed by atoms with Crippen molar-refractivity contribution in [3.8, 4) is 0 Å². The molecule has 0 saturated heterocycles. The lowest BCUT2D eigenvalue weighted by Crippen LogP contribution is -2.26. The quantitative estimate of drug-likeness (QED) is 0.565. The van der Waals surface area contributed by atoms with Crippen LogP contribution in [0.5, 0.6) is 0 Å². The Bertz CT molecular complexity index is 285. The average Bonchev–Trinajstić information content (AvgIpc) is 2.52. The Morgan fingerprint density at radius 1 is 1.69 bits per heavy atom. The molecule has 0 aliphatic carbocycles. The molecule has 4 N–H and O–H groups in total. The number of carbonyl (C=O) groups excluding carboxylic acids is 1. The van der Waals surface area contributed by atoms with Crippen LogP contribution in [0.4, 0.5) is 0 Å². The van der Waals surface area contributed by atoms with Gasteiger partial charge < -0.3 is 16.0 Å². The topological polar surface area (TPSA) is 70.9 Å². The predicted octanol–water partition coefficient (Wildman–Crippen LogP) is 0.698. The largest absolute Gasteiger partial charge is 0.356 e. The van der Waals surface area contributed by atoms with Crippen molar-refractivity contribution in [1.82, 2.24) is 10.3 Å². The van der Waals surface area contributed by atoms with Gasteiger partial charge in [-0.25, -0.2) is 0 Å². The molecule has 1 aromatic heterocycles.